The second kappa shape index (κ2) is 4.63. The van der Waals surface area contributed by atoms with Crippen LogP contribution < -0.4 is 11.0 Å². The van der Waals surface area contributed by atoms with E-state index in [1.54, 1.807) is 0 Å². The fraction of sp³-hybridized carbons (Fsp3) is 0.438. The molecule has 2 aromatic rings. The zero-order valence-electron chi connectivity index (χ0n) is 12.3. The van der Waals surface area contributed by atoms with Crippen molar-refractivity contribution in [2.75, 3.05) is 13.1 Å². The van der Waals surface area contributed by atoms with Crippen LogP contribution in [0, 0.1) is 0 Å². The van der Waals surface area contributed by atoms with Crippen LogP contribution in [0.4, 0.5) is 0 Å². The topological polar surface area (TPSA) is 39.0 Å². The molecule has 2 heterocycles. The van der Waals surface area contributed by atoms with Gasteiger partial charge in [-0.2, -0.15) is 0 Å². The van der Waals surface area contributed by atoms with Crippen LogP contribution >= 0.6 is 0 Å². The van der Waals surface area contributed by atoms with Crippen molar-refractivity contribution in [1.82, 2.24) is 14.5 Å². The molecule has 3 rings (SSSR count). The summed E-state index contributed by atoms with van der Waals surface area (Å²) in [6.07, 6.45) is 3.00. The van der Waals surface area contributed by atoms with Crippen molar-refractivity contribution in [3.05, 3.63) is 40.8 Å². The maximum absolute atomic E-state index is 12.9. The van der Waals surface area contributed by atoms with Gasteiger partial charge in [-0.1, -0.05) is 18.2 Å². The van der Waals surface area contributed by atoms with E-state index < -0.39 is 0 Å². The van der Waals surface area contributed by atoms with Crippen LogP contribution in [0.2, 0.25) is 0 Å². The molecule has 0 aliphatic carbocycles. The molecular weight excluding hydrogens is 250 g/mol. The highest BCUT2D eigenvalue weighted by atomic mass is 16.2. The van der Waals surface area contributed by atoms with Gasteiger partial charge in [0, 0.05) is 30.7 Å². The number of fused-ring (bicyclic) bond motifs is 1. The summed E-state index contributed by atoms with van der Waals surface area (Å²) in [7, 11) is 0. The van der Waals surface area contributed by atoms with Crippen molar-refractivity contribution in [2.24, 2.45) is 0 Å². The molecule has 0 fully saturated rings. The number of nitrogens with zero attached hydrogens (tertiary/aromatic N) is 2. The first-order valence-corrected chi connectivity index (χ1v) is 7.13. The van der Waals surface area contributed by atoms with Crippen LogP contribution in [0.15, 0.2) is 35.1 Å². The molecule has 0 atom stereocenters. The first-order valence-electron chi connectivity index (χ1n) is 7.13. The molecule has 1 aliphatic rings. The van der Waals surface area contributed by atoms with Gasteiger partial charge in [-0.25, -0.2) is 4.79 Å². The minimum absolute atomic E-state index is 0.0619. The van der Waals surface area contributed by atoms with Crippen molar-refractivity contribution >= 4 is 16.7 Å². The van der Waals surface area contributed by atoms with E-state index in [2.05, 4.69) is 32.2 Å². The summed E-state index contributed by atoms with van der Waals surface area (Å²) >= 11 is 0. The average molecular weight is 271 g/mol. The quantitative estimate of drug-likeness (QED) is 0.865. The Morgan fingerprint density at radius 2 is 1.85 bits per heavy atom. The molecule has 0 radical (unpaired) electrons. The standard InChI is InChI=1S/C16H21N3O/c1-16(2,3)19-14-7-5-4-6-13(14)18(15(19)20)12-8-10-17-11-9-12/h4-8,17H,9-11H2,1-3H3. The van der Waals surface area contributed by atoms with Crippen LogP contribution in [0.5, 0.6) is 0 Å². The van der Waals surface area contributed by atoms with E-state index in [0.29, 0.717) is 0 Å². The molecule has 1 aliphatic heterocycles. The zero-order valence-corrected chi connectivity index (χ0v) is 12.3. The van der Waals surface area contributed by atoms with E-state index in [-0.39, 0.29) is 11.2 Å². The average Bonchev–Trinajstić information content (AvgIpc) is 2.71. The fourth-order valence-corrected chi connectivity index (χ4v) is 2.89. The molecule has 0 amide bonds. The van der Waals surface area contributed by atoms with Gasteiger partial charge in [0.15, 0.2) is 0 Å². The molecule has 0 bridgehead atoms. The molecule has 1 aromatic heterocycles. The fourth-order valence-electron chi connectivity index (χ4n) is 2.89. The number of hydrogen-bond acceptors (Lipinski definition) is 2. The normalized spacial score (nSPS) is 16.4. The van der Waals surface area contributed by atoms with Gasteiger partial charge in [-0.05, 0) is 32.9 Å². The van der Waals surface area contributed by atoms with Crippen molar-refractivity contribution in [2.45, 2.75) is 32.7 Å². The minimum Gasteiger partial charge on any atom is -0.313 e. The highest BCUT2D eigenvalue weighted by molar-refractivity contribution is 5.80. The third kappa shape index (κ3) is 2.00. The first kappa shape index (κ1) is 13.2. The minimum atomic E-state index is -0.227. The lowest BCUT2D eigenvalue weighted by Gasteiger charge is -2.20. The molecular formula is C16H21N3O. The molecule has 0 saturated heterocycles. The Morgan fingerprint density at radius 3 is 2.45 bits per heavy atom. The number of aromatic nitrogens is 2. The first-order chi connectivity index (χ1) is 9.50. The number of imidazole rings is 1. The van der Waals surface area contributed by atoms with Crippen molar-refractivity contribution in [3.63, 3.8) is 0 Å². The highest BCUT2D eigenvalue weighted by Crippen LogP contribution is 2.24. The third-order valence-corrected chi connectivity index (χ3v) is 3.74. The Morgan fingerprint density at radius 1 is 1.15 bits per heavy atom. The molecule has 0 saturated carbocycles. The maximum Gasteiger partial charge on any atom is 0.333 e. The predicted molar refractivity (Wildman–Crippen MR) is 83.0 cm³/mol. The van der Waals surface area contributed by atoms with Crippen LogP contribution in [0.1, 0.15) is 27.2 Å². The van der Waals surface area contributed by atoms with Crippen LogP contribution in [-0.4, -0.2) is 22.2 Å². The number of para-hydroxylation sites is 2. The van der Waals surface area contributed by atoms with Crippen molar-refractivity contribution in [3.8, 4) is 0 Å². The summed E-state index contributed by atoms with van der Waals surface area (Å²) in [6, 6.07) is 8.04. The molecule has 4 heteroatoms. The van der Waals surface area contributed by atoms with E-state index in [4.69, 9.17) is 0 Å². The molecule has 20 heavy (non-hydrogen) atoms. The lowest BCUT2D eigenvalue weighted by molar-refractivity contribution is 0.394. The van der Waals surface area contributed by atoms with Gasteiger partial charge in [0.05, 0.1) is 11.0 Å². The Bertz CT molecular complexity index is 728. The number of nitrogens with one attached hydrogen (secondary N) is 1. The number of hydrogen-bond donors (Lipinski definition) is 1. The lowest BCUT2D eigenvalue weighted by Crippen LogP contribution is -2.35. The van der Waals surface area contributed by atoms with E-state index in [9.17, 15) is 4.79 Å². The van der Waals surface area contributed by atoms with E-state index in [1.165, 1.54) is 0 Å². The van der Waals surface area contributed by atoms with Crippen molar-refractivity contribution in [1.29, 1.82) is 0 Å². The Kier molecular flexibility index (Phi) is 3.05. The van der Waals surface area contributed by atoms with Crippen molar-refractivity contribution < 1.29 is 0 Å². The summed E-state index contributed by atoms with van der Waals surface area (Å²) in [5, 5.41) is 3.29. The second-order valence-electron chi connectivity index (χ2n) is 6.26. The molecule has 0 spiro atoms. The molecule has 1 aromatic carbocycles. The van der Waals surface area contributed by atoms with E-state index >= 15 is 0 Å². The van der Waals surface area contributed by atoms with Gasteiger partial charge in [-0.15, -0.1) is 0 Å². The Balaban J connectivity index is 2.36. The van der Waals surface area contributed by atoms with Gasteiger partial charge in [0.25, 0.3) is 0 Å². The van der Waals surface area contributed by atoms with Gasteiger partial charge in [0.2, 0.25) is 0 Å². The third-order valence-electron chi connectivity index (χ3n) is 3.74. The van der Waals surface area contributed by atoms with E-state index in [1.807, 2.05) is 33.4 Å². The smallest absolute Gasteiger partial charge is 0.313 e. The largest absolute Gasteiger partial charge is 0.333 e. The lowest BCUT2D eigenvalue weighted by atomic mass is 10.1. The maximum atomic E-state index is 12.9. The van der Waals surface area contributed by atoms with Gasteiger partial charge < -0.3 is 5.32 Å². The van der Waals surface area contributed by atoms with E-state index in [0.717, 1.165) is 36.2 Å². The summed E-state index contributed by atoms with van der Waals surface area (Å²) in [5.74, 6) is 0. The molecule has 4 nitrogen and oxygen atoms in total. The zero-order chi connectivity index (χ0) is 14.3. The van der Waals surface area contributed by atoms with Gasteiger partial charge in [0.1, 0.15) is 0 Å². The molecule has 106 valence electrons. The summed E-state index contributed by atoms with van der Waals surface area (Å²) < 4.78 is 3.77. The molecule has 1 N–H and O–H groups in total. The van der Waals surface area contributed by atoms with Crippen LogP contribution in [0.25, 0.3) is 16.7 Å². The van der Waals surface area contributed by atoms with Crippen LogP contribution in [0.3, 0.4) is 0 Å². The predicted octanol–water partition coefficient (Wildman–Crippen LogP) is 2.39. The Hall–Kier alpha value is -1.81. The second-order valence-corrected chi connectivity index (χ2v) is 6.26. The van der Waals surface area contributed by atoms with Gasteiger partial charge >= 0.3 is 5.69 Å². The van der Waals surface area contributed by atoms with Crippen LogP contribution in [-0.2, 0) is 5.54 Å². The number of benzene rings is 1. The molecule has 0 unspecified atom stereocenters. The highest BCUT2D eigenvalue weighted by Gasteiger charge is 2.23. The summed E-state index contributed by atoms with van der Waals surface area (Å²) in [4.78, 5) is 12.9. The van der Waals surface area contributed by atoms with Gasteiger partial charge in [-0.3, -0.25) is 9.13 Å². The summed E-state index contributed by atoms with van der Waals surface area (Å²) in [5.41, 5.74) is 2.94. The number of rotatable bonds is 1. The Labute approximate surface area is 118 Å². The summed E-state index contributed by atoms with van der Waals surface area (Å²) in [6.45, 7) is 7.97. The monoisotopic (exact) mass is 271 g/mol. The SMILES string of the molecule is CC(C)(C)n1c(=O)n(C2=CCNCC2)c2ccccc21.